The van der Waals surface area contributed by atoms with Crippen molar-refractivity contribution in [2.75, 3.05) is 4.90 Å². The number of furan rings is 1. The van der Waals surface area contributed by atoms with Gasteiger partial charge in [0.2, 0.25) is 5.91 Å². The normalized spacial score (nSPS) is 18.7. The predicted molar refractivity (Wildman–Crippen MR) is 109 cm³/mol. The maximum absolute atomic E-state index is 13.1. The van der Waals surface area contributed by atoms with E-state index in [4.69, 9.17) is 4.42 Å². The summed E-state index contributed by atoms with van der Waals surface area (Å²) in [6, 6.07) is 23.1. The van der Waals surface area contributed by atoms with Gasteiger partial charge in [-0.3, -0.25) is 9.69 Å². The van der Waals surface area contributed by atoms with Crippen molar-refractivity contribution in [2.24, 2.45) is 10.2 Å². The number of para-hydroxylation sites is 1. The van der Waals surface area contributed by atoms with Gasteiger partial charge in [0, 0.05) is 0 Å². The van der Waals surface area contributed by atoms with Gasteiger partial charge in [0.15, 0.2) is 5.17 Å². The lowest BCUT2D eigenvalue weighted by atomic mass is 10.1. The van der Waals surface area contributed by atoms with Gasteiger partial charge < -0.3 is 4.42 Å². The number of carbonyl (C=O) groups excluding carboxylic acids is 1. The summed E-state index contributed by atoms with van der Waals surface area (Å²) in [7, 11) is 0. The lowest BCUT2D eigenvalue weighted by Gasteiger charge is -2.15. The molecule has 5 nitrogen and oxygen atoms in total. The number of thioether (sulfide) groups is 1. The zero-order chi connectivity index (χ0) is 18.5. The molecule has 27 heavy (non-hydrogen) atoms. The largest absolute Gasteiger partial charge is 0.463 e. The van der Waals surface area contributed by atoms with Crippen molar-refractivity contribution in [1.29, 1.82) is 0 Å². The lowest BCUT2D eigenvalue weighted by molar-refractivity contribution is -0.116. The van der Waals surface area contributed by atoms with Crippen LogP contribution in [0.4, 0.5) is 5.69 Å². The fourth-order valence-electron chi connectivity index (χ4n) is 2.81. The van der Waals surface area contributed by atoms with Crippen molar-refractivity contribution < 1.29 is 9.21 Å². The Morgan fingerprint density at radius 2 is 1.74 bits per heavy atom. The van der Waals surface area contributed by atoms with E-state index in [1.54, 1.807) is 23.3 Å². The van der Waals surface area contributed by atoms with Gasteiger partial charge >= 0.3 is 0 Å². The Hall–Kier alpha value is -3.12. The summed E-state index contributed by atoms with van der Waals surface area (Å²) in [5.41, 5.74) is 1.91. The van der Waals surface area contributed by atoms with Crippen LogP contribution in [0.15, 0.2) is 93.7 Å². The molecule has 6 heteroatoms. The highest BCUT2D eigenvalue weighted by Gasteiger charge is 2.39. The number of rotatable bonds is 5. The molecule has 0 spiro atoms. The number of carbonyl (C=O) groups is 1. The van der Waals surface area contributed by atoms with E-state index in [0.717, 1.165) is 11.3 Å². The fraction of sp³-hybridized carbons (Fsp3) is 0.0952. The minimum Gasteiger partial charge on any atom is -0.463 e. The maximum Gasteiger partial charge on any atom is 0.247 e. The van der Waals surface area contributed by atoms with Gasteiger partial charge in [0.05, 0.1) is 23.4 Å². The molecule has 0 radical (unpaired) electrons. The highest BCUT2D eigenvalue weighted by atomic mass is 32.2. The summed E-state index contributed by atoms with van der Waals surface area (Å²) < 4.78 is 5.23. The van der Waals surface area contributed by atoms with Gasteiger partial charge in [-0.05, 0) is 36.2 Å². The molecule has 2 heterocycles. The van der Waals surface area contributed by atoms with E-state index in [9.17, 15) is 4.79 Å². The number of hydrogen-bond acceptors (Lipinski definition) is 5. The molecular weight excluding hydrogens is 358 g/mol. The lowest BCUT2D eigenvalue weighted by Crippen LogP contribution is -2.32. The molecule has 0 bridgehead atoms. The van der Waals surface area contributed by atoms with Crippen molar-refractivity contribution in [3.8, 4) is 0 Å². The van der Waals surface area contributed by atoms with Gasteiger partial charge in [-0.1, -0.05) is 60.3 Å². The second-order valence-electron chi connectivity index (χ2n) is 5.95. The fourth-order valence-corrected chi connectivity index (χ4v) is 3.94. The molecule has 1 atom stereocenters. The van der Waals surface area contributed by atoms with Crippen molar-refractivity contribution in [3.05, 3.63) is 90.4 Å². The van der Waals surface area contributed by atoms with Gasteiger partial charge in [-0.2, -0.15) is 5.10 Å². The third-order valence-electron chi connectivity index (χ3n) is 4.08. The van der Waals surface area contributed by atoms with E-state index in [1.807, 2.05) is 60.7 Å². The van der Waals surface area contributed by atoms with Crippen molar-refractivity contribution >= 4 is 34.7 Å². The molecule has 1 fully saturated rings. The number of hydrogen-bond donors (Lipinski definition) is 0. The molecule has 0 saturated carbocycles. The van der Waals surface area contributed by atoms with Crippen LogP contribution in [-0.4, -0.2) is 22.5 Å². The summed E-state index contributed by atoms with van der Waals surface area (Å²) in [4.78, 5) is 14.7. The number of nitrogens with zero attached hydrogens (tertiary/aromatic N) is 3. The van der Waals surface area contributed by atoms with Crippen LogP contribution in [0.3, 0.4) is 0 Å². The molecule has 1 aromatic heterocycles. The smallest absolute Gasteiger partial charge is 0.247 e. The van der Waals surface area contributed by atoms with Gasteiger partial charge in [-0.15, -0.1) is 5.10 Å². The minimum atomic E-state index is -0.231. The standard InChI is InChI=1S/C21H17N3O2S/c25-20-19(14-16-8-3-1-4-9-16)27-21(23-22-15-18-12-7-13-26-18)24(20)17-10-5-2-6-11-17/h1-13,15,19H,14H2/b22-15-,23-21-/t19-/m0/s1. The second-order valence-corrected chi connectivity index (χ2v) is 7.12. The summed E-state index contributed by atoms with van der Waals surface area (Å²) in [5, 5.41) is 8.73. The molecule has 134 valence electrons. The van der Waals surface area contributed by atoms with Crippen LogP contribution in [0.25, 0.3) is 0 Å². The van der Waals surface area contributed by atoms with Crippen LogP contribution in [0.1, 0.15) is 11.3 Å². The molecule has 0 unspecified atom stereocenters. The minimum absolute atomic E-state index is 0.0157. The Bertz CT molecular complexity index is 954. The third kappa shape index (κ3) is 4.01. The molecule has 4 rings (SSSR count). The van der Waals surface area contributed by atoms with Crippen LogP contribution < -0.4 is 4.90 Å². The Balaban J connectivity index is 1.61. The summed E-state index contributed by atoms with van der Waals surface area (Å²) in [6.07, 6.45) is 3.76. The van der Waals surface area contributed by atoms with Crippen LogP contribution in [0.2, 0.25) is 0 Å². The first-order chi connectivity index (χ1) is 13.3. The van der Waals surface area contributed by atoms with E-state index in [-0.39, 0.29) is 11.2 Å². The monoisotopic (exact) mass is 375 g/mol. The van der Waals surface area contributed by atoms with E-state index >= 15 is 0 Å². The van der Waals surface area contributed by atoms with Crippen LogP contribution in [0.5, 0.6) is 0 Å². The molecule has 0 aliphatic carbocycles. The molecule has 1 saturated heterocycles. The first-order valence-electron chi connectivity index (χ1n) is 8.55. The topological polar surface area (TPSA) is 58.2 Å². The Labute approximate surface area is 161 Å². The molecular formula is C21H17N3O2S. The average Bonchev–Trinajstić information content (AvgIpc) is 3.32. The van der Waals surface area contributed by atoms with E-state index < -0.39 is 0 Å². The Morgan fingerprint density at radius 1 is 1.00 bits per heavy atom. The number of benzene rings is 2. The summed E-state index contributed by atoms with van der Waals surface area (Å²) in [5.74, 6) is 0.628. The maximum atomic E-state index is 13.1. The second kappa shape index (κ2) is 8.05. The SMILES string of the molecule is O=C1[C@H](Cc2ccccc2)S/C(=N\N=C/c2ccco2)N1c1ccccc1. The number of amides is 1. The zero-order valence-corrected chi connectivity index (χ0v) is 15.3. The highest BCUT2D eigenvalue weighted by Crippen LogP contribution is 2.33. The van der Waals surface area contributed by atoms with Crippen LogP contribution in [-0.2, 0) is 11.2 Å². The molecule has 0 N–H and O–H groups in total. The molecule has 1 amide bonds. The number of anilines is 1. The van der Waals surface area contributed by atoms with Crippen LogP contribution >= 0.6 is 11.8 Å². The predicted octanol–water partition coefficient (Wildman–Crippen LogP) is 4.36. The summed E-state index contributed by atoms with van der Waals surface area (Å²) >= 11 is 1.44. The first-order valence-corrected chi connectivity index (χ1v) is 9.43. The van der Waals surface area contributed by atoms with E-state index in [2.05, 4.69) is 10.2 Å². The molecule has 2 aromatic carbocycles. The Morgan fingerprint density at radius 3 is 2.44 bits per heavy atom. The summed E-state index contributed by atoms with van der Waals surface area (Å²) in [6.45, 7) is 0. The molecule has 1 aliphatic rings. The Kier molecular flexibility index (Phi) is 5.16. The first kappa shape index (κ1) is 17.3. The van der Waals surface area contributed by atoms with E-state index in [0.29, 0.717) is 17.3 Å². The van der Waals surface area contributed by atoms with Gasteiger partial charge in [0.25, 0.3) is 0 Å². The van der Waals surface area contributed by atoms with E-state index in [1.165, 1.54) is 18.0 Å². The third-order valence-corrected chi connectivity index (χ3v) is 5.21. The van der Waals surface area contributed by atoms with Gasteiger partial charge in [-0.25, -0.2) is 0 Å². The molecule has 1 aliphatic heterocycles. The average molecular weight is 375 g/mol. The van der Waals surface area contributed by atoms with Crippen molar-refractivity contribution in [3.63, 3.8) is 0 Å². The van der Waals surface area contributed by atoms with Crippen molar-refractivity contribution in [1.82, 2.24) is 0 Å². The zero-order valence-electron chi connectivity index (χ0n) is 14.4. The van der Waals surface area contributed by atoms with Gasteiger partial charge in [0.1, 0.15) is 5.76 Å². The van der Waals surface area contributed by atoms with Crippen LogP contribution in [0, 0.1) is 0 Å². The quantitative estimate of drug-likeness (QED) is 0.492. The highest BCUT2D eigenvalue weighted by molar-refractivity contribution is 8.16. The number of amidine groups is 1. The molecule has 3 aromatic rings. The van der Waals surface area contributed by atoms with Crippen molar-refractivity contribution in [2.45, 2.75) is 11.7 Å².